The lowest BCUT2D eigenvalue weighted by Gasteiger charge is -2.32. The van der Waals surface area contributed by atoms with Crippen LogP contribution in [-0.2, 0) is 9.31 Å². The van der Waals surface area contributed by atoms with Crippen LogP contribution in [0.3, 0.4) is 0 Å². The van der Waals surface area contributed by atoms with Crippen molar-refractivity contribution in [2.75, 3.05) is 0 Å². The molecule has 0 radical (unpaired) electrons. The van der Waals surface area contributed by atoms with Gasteiger partial charge in [-0.05, 0) is 74.8 Å². The van der Waals surface area contributed by atoms with E-state index in [1.807, 2.05) is 0 Å². The van der Waals surface area contributed by atoms with Crippen molar-refractivity contribution in [3.05, 3.63) is 99.5 Å². The molecule has 1 fully saturated rings. The van der Waals surface area contributed by atoms with Gasteiger partial charge in [-0.3, -0.25) is 0 Å². The minimum atomic E-state index is -0.426. The summed E-state index contributed by atoms with van der Waals surface area (Å²) >= 11 is 0. The molecule has 1 heterocycles. The van der Waals surface area contributed by atoms with Gasteiger partial charge in [0.2, 0.25) is 6.71 Å². The monoisotopic (exact) mass is 478 g/mol. The van der Waals surface area contributed by atoms with Gasteiger partial charge >= 0.3 is 7.12 Å². The van der Waals surface area contributed by atoms with Gasteiger partial charge in [0.1, 0.15) is 0 Å². The predicted octanol–water partition coefficient (Wildman–Crippen LogP) is 6.40. The molecule has 2 nitrogen and oxygen atoms in total. The number of benzene rings is 3. The summed E-state index contributed by atoms with van der Waals surface area (Å²) < 4.78 is 13.0. The molecule has 0 aromatic heterocycles. The molecule has 186 valence electrons. The zero-order chi connectivity index (χ0) is 26.4. The molecule has 3 aromatic rings. The second-order valence-electron chi connectivity index (χ2n) is 11.7. The van der Waals surface area contributed by atoms with E-state index in [0.29, 0.717) is 0 Å². The van der Waals surface area contributed by atoms with Crippen LogP contribution in [0.5, 0.6) is 0 Å². The Bertz CT molecular complexity index is 1190. The van der Waals surface area contributed by atoms with Gasteiger partial charge in [0.05, 0.1) is 11.2 Å². The second kappa shape index (κ2) is 9.72. The Hall–Kier alpha value is -2.55. The third-order valence-corrected chi connectivity index (χ3v) is 8.06. The van der Waals surface area contributed by atoms with Crippen LogP contribution in [0.2, 0.25) is 0 Å². The molecule has 0 aliphatic carbocycles. The molecular formula is C32H40B2O2. The van der Waals surface area contributed by atoms with Crippen molar-refractivity contribution in [1.82, 2.24) is 0 Å². The summed E-state index contributed by atoms with van der Waals surface area (Å²) in [5.74, 6) is 2.23. The van der Waals surface area contributed by atoms with Crippen molar-refractivity contribution in [2.24, 2.45) is 0 Å². The van der Waals surface area contributed by atoms with Crippen LogP contribution in [-0.4, -0.2) is 25.0 Å². The highest BCUT2D eigenvalue weighted by atomic mass is 16.7. The highest BCUT2D eigenvalue weighted by Crippen LogP contribution is 2.38. The van der Waals surface area contributed by atoms with Gasteiger partial charge in [-0.1, -0.05) is 110 Å². The van der Waals surface area contributed by atoms with Gasteiger partial charge in [0.25, 0.3) is 0 Å². The van der Waals surface area contributed by atoms with E-state index < -0.39 is 18.3 Å². The Morgan fingerprint density at radius 3 is 1.44 bits per heavy atom. The molecule has 1 aliphatic heterocycles. The average Bonchev–Trinajstić information content (AvgIpc) is 2.96. The SMILES string of the molecule is Cc1cc(C)c(B(/C(=C/B2OC(C)(C)C(C)(C)O2)c2ccccc2)c2c(C)cc(C)cc2C)c(C)c1. The van der Waals surface area contributed by atoms with Crippen molar-refractivity contribution >= 4 is 30.2 Å². The molecule has 3 aromatic carbocycles. The van der Waals surface area contributed by atoms with Crippen LogP contribution in [0.15, 0.2) is 60.6 Å². The minimum Gasteiger partial charge on any atom is -0.400 e. The summed E-state index contributed by atoms with van der Waals surface area (Å²) in [7, 11) is -0.426. The first kappa shape index (κ1) is 26.5. The summed E-state index contributed by atoms with van der Waals surface area (Å²) in [6, 6.07) is 20.0. The maximum atomic E-state index is 6.50. The molecule has 1 aliphatic rings. The third kappa shape index (κ3) is 4.99. The lowest BCUT2D eigenvalue weighted by Crippen LogP contribution is -2.49. The first-order valence-electron chi connectivity index (χ1n) is 13.1. The number of hydrogen-bond acceptors (Lipinski definition) is 2. The Balaban J connectivity index is 2.04. The fraction of sp³-hybridized carbons (Fsp3) is 0.375. The molecule has 4 heteroatoms. The molecular weight excluding hydrogens is 438 g/mol. The van der Waals surface area contributed by atoms with E-state index >= 15 is 0 Å². The smallest absolute Gasteiger partial charge is 0.400 e. The second-order valence-corrected chi connectivity index (χ2v) is 11.7. The van der Waals surface area contributed by atoms with Gasteiger partial charge in [0.15, 0.2) is 0 Å². The standard InChI is InChI=1S/C32H40B2O2/c1-21-16-23(3)29(24(4)17-21)34(30-25(5)18-22(2)19-26(30)6)28(27-14-12-11-13-15-27)20-33-35-31(7,8)32(9,10)36-33/h11-20H,1-10H3/b28-20+. The van der Waals surface area contributed by atoms with Gasteiger partial charge in [-0.2, -0.15) is 0 Å². The largest absolute Gasteiger partial charge is 0.486 e. The van der Waals surface area contributed by atoms with Crippen molar-refractivity contribution in [1.29, 1.82) is 0 Å². The molecule has 0 bridgehead atoms. The van der Waals surface area contributed by atoms with Crippen LogP contribution in [0, 0.1) is 41.5 Å². The molecule has 4 rings (SSSR count). The molecule has 0 saturated carbocycles. The zero-order valence-corrected chi connectivity index (χ0v) is 23.7. The van der Waals surface area contributed by atoms with Crippen LogP contribution in [0.1, 0.15) is 66.6 Å². The number of hydrogen-bond donors (Lipinski definition) is 0. The molecule has 0 amide bonds. The summed E-state index contributed by atoms with van der Waals surface area (Å²) in [5, 5.41) is 0. The van der Waals surface area contributed by atoms with Crippen molar-refractivity contribution in [3.8, 4) is 0 Å². The summed E-state index contributed by atoms with van der Waals surface area (Å²) in [5.41, 5.74) is 12.2. The molecule has 36 heavy (non-hydrogen) atoms. The van der Waals surface area contributed by atoms with E-state index in [2.05, 4.69) is 130 Å². The lowest BCUT2D eigenvalue weighted by molar-refractivity contribution is 0.00578. The Labute approximate surface area is 219 Å². The normalized spacial score (nSPS) is 16.9. The Morgan fingerprint density at radius 2 is 1.06 bits per heavy atom. The zero-order valence-electron chi connectivity index (χ0n) is 23.7. The van der Waals surface area contributed by atoms with Crippen LogP contribution < -0.4 is 10.9 Å². The average molecular weight is 478 g/mol. The van der Waals surface area contributed by atoms with Crippen LogP contribution in [0.4, 0.5) is 0 Å². The van der Waals surface area contributed by atoms with E-state index in [0.717, 1.165) is 0 Å². The third-order valence-electron chi connectivity index (χ3n) is 8.06. The topological polar surface area (TPSA) is 18.5 Å². The molecule has 0 N–H and O–H groups in total. The van der Waals surface area contributed by atoms with Crippen LogP contribution >= 0.6 is 0 Å². The van der Waals surface area contributed by atoms with Crippen molar-refractivity contribution < 1.29 is 9.31 Å². The summed E-state index contributed by atoms with van der Waals surface area (Å²) in [4.78, 5) is 0. The van der Waals surface area contributed by atoms with Crippen LogP contribution in [0.25, 0.3) is 5.47 Å². The Kier molecular flexibility index (Phi) is 7.16. The fourth-order valence-electron chi connectivity index (χ4n) is 5.84. The van der Waals surface area contributed by atoms with Crippen molar-refractivity contribution in [2.45, 2.75) is 80.4 Å². The molecule has 1 saturated heterocycles. The van der Waals surface area contributed by atoms with E-state index in [4.69, 9.17) is 9.31 Å². The van der Waals surface area contributed by atoms with Gasteiger partial charge in [-0.25, -0.2) is 0 Å². The first-order valence-corrected chi connectivity index (χ1v) is 13.1. The highest BCUT2D eigenvalue weighted by molar-refractivity contribution is 7.01. The van der Waals surface area contributed by atoms with E-state index in [1.54, 1.807) is 0 Å². The minimum absolute atomic E-state index is 0.0487. The number of aryl methyl sites for hydroxylation is 6. The lowest BCUT2D eigenvalue weighted by atomic mass is 9.32. The molecule has 0 unspecified atom stereocenters. The fourth-order valence-corrected chi connectivity index (χ4v) is 5.84. The van der Waals surface area contributed by atoms with E-state index in [1.165, 1.54) is 55.3 Å². The predicted molar refractivity (Wildman–Crippen MR) is 157 cm³/mol. The quantitative estimate of drug-likeness (QED) is 0.395. The first-order chi connectivity index (χ1) is 16.8. The van der Waals surface area contributed by atoms with Gasteiger partial charge in [0, 0.05) is 0 Å². The van der Waals surface area contributed by atoms with E-state index in [-0.39, 0.29) is 6.71 Å². The molecule has 0 spiro atoms. The van der Waals surface area contributed by atoms with Gasteiger partial charge < -0.3 is 9.31 Å². The maximum absolute atomic E-state index is 6.50. The van der Waals surface area contributed by atoms with Gasteiger partial charge in [-0.15, -0.1) is 0 Å². The highest BCUT2D eigenvalue weighted by Gasteiger charge is 2.50. The van der Waals surface area contributed by atoms with Crippen molar-refractivity contribution in [3.63, 3.8) is 0 Å². The van der Waals surface area contributed by atoms with E-state index in [9.17, 15) is 0 Å². The maximum Gasteiger partial charge on any atom is 0.486 e. The molecule has 0 atom stereocenters. The summed E-state index contributed by atoms with van der Waals surface area (Å²) in [6.45, 7) is 21.9. The number of rotatable bonds is 5. The Morgan fingerprint density at radius 1 is 0.667 bits per heavy atom. The summed E-state index contributed by atoms with van der Waals surface area (Å²) in [6.07, 6.45) is 0.